The largest absolute Gasteiger partial charge is 0.367 e. The molecule has 1 N–H and O–H groups in total. The summed E-state index contributed by atoms with van der Waals surface area (Å²) < 4.78 is 0. The van der Waals surface area contributed by atoms with Gasteiger partial charge in [-0.15, -0.1) is 0 Å². The maximum Gasteiger partial charge on any atom is 0.272 e. The summed E-state index contributed by atoms with van der Waals surface area (Å²) in [7, 11) is 0. The first-order valence-electron chi connectivity index (χ1n) is 7.10. The number of hydrogen-bond acceptors (Lipinski definition) is 4. The van der Waals surface area contributed by atoms with Crippen molar-refractivity contribution in [1.82, 2.24) is 14.9 Å². The molecule has 102 valence electrons. The van der Waals surface area contributed by atoms with E-state index in [0.29, 0.717) is 11.7 Å². The Morgan fingerprint density at radius 1 is 1.26 bits per heavy atom. The molecule has 5 nitrogen and oxygen atoms in total. The summed E-state index contributed by atoms with van der Waals surface area (Å²) in [5.74, 6) is 1.53. The molecule has 2 aliphatic rings. The number of nitrogens with one attached hydrogen (secondary N) is 1. The van der Waals surface area contributed by atoms with Crippen LogP contribution in [0.15, 0.2) is 12.4 Å². The first-order chi connectivity index (χ1) is 9.22. The number of piperidine rings is 1. The van der Waals surface area contributed by atoms with Gasteiger partial charge in [-0.25, -0.2) is 9.97 Å². The Morgan fingerprint density at radius 2 is 2.00 bits per heavy atom. The second-order valence-corrected chi connectivity index (χ2v) is 5.68. The van der Waals surface area contributed by atoms with Crippen molar-refractivity contribution < 1.29 is 4.79 Å². The summed E-state index contributed by atoms with van der Waals surface area (Å²) in [5.41, 5.74) is 0.507. The van der Waals surface area contributed by atoms with Crippen LogP contribution in [-0.2, 0) is 0 Å². The second-order valence-electron chi connectivity index (χ2n) is 5.68. The van der Waals surface area contributed by atoms with Crippen molar-refractivity contribution in [3.05, 3.63) is 18.1 Å². The highest BCUT2D eigenvalue weighted by Crippen LogP contribution is 2.24. The van der Waals surface area contributed by atoms with Gasteiger partial charge in [-0.05, 0) is 31.6 Å². The molecule has 1 aliphatic carbocycles. The van der Waals surface area contributed by atoms with Crippen LogP contribution in [0.4, 0.5) is 5.82 Å². The van der Waals surface area contributed by atoms with Gasteiger partial charge in [0.2, 0.25) is 0 Å². The second kappa shape index (κ2) is 5.15. The minimum absolute atomic E-state index is 0.0353. The van der Waals surface area contributed by atoms with Crippen molar-refractivity contribution in [3.8, 4) is 0 Å². The third-order valence-corrected chi connectivity index (χ3v) is 3.89. The zero-order valence-electron chi connectivity index (χ0n) is 11.3. The molecule has 0 aromatic carbocycles. The van der Waals surface area contributed by atoms with E-state index in [-0.39, 0.29) is 5.91 Å². The maximum absolute atomic E-state index is 12.4. The molecule has 1 aromatic heterocycles. The highest BCUT2D eigenvalue weighted by Gasteiger charge is 2.24. The van der Waals surface area contributed by atoms with Crippen molar-refractivity contribution in [3.63, 3.8) is 0 Å². The predicted octanol–water partition coefficient (Wildman–Crippen LogP) is 1.92. The number of aromatic nitrogens is 2. The fourth-order valence-corrected chi connectivity index (χ4v) is 2.36. The van der Waals surface area contributed by atoms with Gasteiger partial charge < -0.3 is 10.2 Å². The molecule has 0 spiro atoms. The number of carbonyl (C=O) groups excluding carboxylic acids is 1. The topological polar surface area (TPSA) is 58.1 Å². The summed E-state index contributed by atoms with van der Waals surface area (Å²) in [6.07, 6.45) is 6.03. The van der Waals surface area contributed by atoms with Crippen LogP contribution in [0.2, 0.25) is 0 Å². The number of rotatable bonds is 3. The van der Waals surface area contributed by atoms with Crippen molar-refractivity contribution in [2.24, 2.45) is 5.92 Å². The van der Waals surface area contributed by atoms with Gasteiger partial charge in [-0.2, -0.15) is 0 Å². The fraction of sp³-hybridized carbons (Fsp3) is 0.643. The van der Waals surface area contributed by atoms with Gasteiger partial charge in [0.25, 0.3) is 5.91 Å². The van der Waals surface area contributed by atoms with Crippen LogP contribution in [0, 0.1) is 5.92 Å². The van der Waals surface area contributed by atoms with Crippen molar-refractivity contribution in [1.29, 1.82) is 0 Å². The van der Waals surface area contributed by atoms with Crippen LogP contribution in [0.1, 0.15) is 43.1 Å². The Morgan fingerprint density at radius 3 is 2.68 bits per heavy atom. The molecule has 0 radical (unpaired) electrons. The molecular weight excluding hydrogens is 240 g/mol. The van der Waals surface area contributed by atoms with Crippen LogP contribution >= 0.6 is 0 Å². The molecule has 0 bridgehead atoms. The van der Waals surface area contributed by atoms with Crippen molar-refractivity contribution in [2.75, 3.05) is 18.4 Å². The van der Waals surface area contributed by atoms with Gasteiger partial charge in [-0.3, -0.25) is 4.79 Å². The van der Waals surface area contributed by atoms with Gasteiger partial charge in [-0.1, -0.05) is 6.92 Å². The third kappa shape index (κ3) is 3.03. The zero-order valence-corrected chi connectivity index (χ0v) is 11.3. The van der Waals surface area contributed by atoms with E-state index < -0.39 is 0 Å². The molecule has 3 rings (SSSR count). The summed E-state index contributed by atoms with van der Waals surface area (Å²) in [6, 6.07) is 2.31. The molecule has 1 saturated carbocycles. The predicted molar refractivity (Wildman–Crippen MR) is 73.0 cm³/mol. The average molecular weight is 260 g/mol. The highest BCUT2D eigenvalue weighted by molar-refractivity contribution is 5.93. The summed E-state index contributed by atoms with van der Waals surface area (Å²) in [6.45, 7) is 3.93. The number of amides is 1. The van der Waals surface area contributed by atoms with Gasteiger partial charge in [0.1, 0.15) is 17.8 Å². The van der Waals surface area contributed by atoms with E-state index in [1.807, 2.05) is 4.90 Å². The number of nitrogens with zero attached hydrogens (tertiary/aromatic N) is 3. The Labute approximate surface area is 113 Å². The van der Waals surface area contributed by atoms with Gasteiger partial charge >= 0.3 is 0 Å². The number of anilines is 1. The van der Waals surface area contributed by atoms with E-state index in [9.17, 15) is 4.79 Å². The van der Waals surface area contributed by atoms with E-state index in [1.165, 1.54) is 19.2 Å². The van der Waals surface area contributed by atoms with E-state index in [0.717, 1.165) is 37.7 Å². The Balaban J connectivity index is 1.68. The lowest BCUT2D eigenvalue weighted by Crippen LogP contribution is -2.38. The zero-order chi connectivity index (χ0) is 13.2. The molecule has 0 unspecified atom stereocenters. The highest BCUT2D eigenvalue weighted by atomic mass is 16.2. The van der Waals surface area contributed by atoms with E-state index >= 15 is 0 Å². The monoisotopic (exact) mass is 260 g/mol. The average Bonchev–Trinajstić information content (AvgIpc) is 3.23. The molecular formula is C14H20N4O. The number of carbonyl (C=O) groups is 1. The van der Waals surface area contributed by atoms with Crippen LogP contribution < -0.4 is 5.32 Å². The summed E-state index contributed by atoms with van der Waals surface area (Å²) >= 11 is 0. The molecule has 1 aliphatic heterocycles. The fourth-order valence-electron chi connectivity index (χ4n) is 2.36. The lowest BCUT2D eigenvalue weighted by Gasteiger charge is -2.30. The Bertz CT molecular complexity index is 464. The Hall–Kier alpha value is -1.65. The summed E-state index contributed by atoms with van der Waals surface area (Å²) in [4.78, 5) is 22.6. The first kappa shape index (κ1) is 12.4. The van der Waals surface area contributed by atoms with Crippen molar-refractivity contribution in [2.45, 2.75) is 38.6 Å². The maximum atomic E-state index is 12.4. The van der Waals surface area contributed by atoms with Crippen LogP contribution in [0.25, 0.3) is 0 Å². The number of likely N-dealkylation sites (tertiary alicyclic amines) is 1. The van der Waals surface area contributed by atoms with Gasteiger partial charge in [0.15, 0.2) is 0 Å². The molecule has 19 heavy (non-hydrogen) atoms. The molecule has 1 aromatic rings. The van der Waals surface area contributed by atoms with Gasteiger partial charge in [0.05, 0.1) is 0 Å². The third-order valence-electron chi connectivity index (χ3n) is 3.89. The molecule has 5 heteroatoms. The SMILES string of the molecule is CC1CCN(C(=O)c2cc(NC3CC3)ncn2)CC1. The molecule has 1 amide bonds. The van der Waals surface area contributed by atoms with Crippen LogP contribution in [0.5, 0.6) is 0 Å². The first-order valence-corrected chi connectivity index (χ1v) is 7.10. The van der Waals surface area contributed by atoms with E-state index in [1.54, 1.807) is 6.07 Å². The standard InChI is InChI=1S/C14H20N4O/c1-10-4-6-18(7-5-10)14(19)12-8-13(16-9-15-12)17-11-2-3-11/h8-11H,2-7H2,1H3,(H,15,16,17). The molecule has 0 atom stereocenters. The van der Waals surface area contributed by atoms with Crippen molar-refractivity contribution >= 4 is 11.7 Å². The summed E-state index contributed by atoms with van der Waals surface area (Å²) in [5, 5.41) is 3.30. The minimum atomic E-state index is 0.0353. The van der Waals surface area contributed by atoms with E-state index in [4.69, 9.17) is 0 Å². The lowest BCUT2D eigenvalue weighted by molar-refractivity contribution is 0.0691. The quantitative estimate of drug-likeness (QED) is 0.902. The van der Waals surface area contributed by atoms with Gasteiger partial charge in [0, 0.05) is 25.2 Å². The smallest absolute Gasteiger partial charge is 0.272 e. The molecule has 1 saturated heterocycles. The normalized spacial score (nSPS) is 20.4. The lowest BCUT2D eigenvalue weighted by atomic mass is 9.99. The number of hydrogen-bond donors (Lipinski definition) is 1. The van der Waals surface area contributed by atoms with Crippen LogP contribution in [0.3, 0.4) is 0 Å². The van der Waals surface area contributed by atoms with E-state index in [2.05, 4.69) is 22.2 Å². The Kier molecular flexibility index (Phi) is 3.36. The minimum Gasteiger partial charge on any atom is -0.367 e. The molecule has 2 heterocycles. The van der Waals surface area contributed by atoms with Crippen LogP contribution in [-0.4, -0.2) is 39.9 Å². The molecule has 2 fully saturated rings.